The zero-order valence-corrected chi connectivity index (χ0v) is 16.4. The Morgan fingerprint density at radius 1 is 1.30 bits per heavy atom. The molecule has 0 atom stereocenters. The molecule has 2 aromatic rings. The van der Waals surface area contributed by atoms with Crippen LogP contribution < -0.4 is 4.72 Å². The van der Waals surface area contributed by atoms with Crippen molar-refractivity contribution in [2.24, 2.45) is 0 Å². The van der Waals surface area contributed by atoms with Gasteiger partial charge >= 0.3 is 0 Å². The van der Waals surface area contributed by atoms with Crippen LogP contribution in [0.4, 0.5) is 0 Å². The van der Waals surface area contributed by atoms with Crippen LogP contribution in [0.1, 0.15) is 66.8 Å². The van der Waals surface area contributed by atoms with E-state index in [1.165, 1.54) is 0 Å². The molecule has 0 bridgehead atoms. The van der Waals surface area contributed by atoms with Gasteiger partial charge in [-0.25, -0.2) is 13.1 Å². The Bertz CT molecular complexity index is 1000. The summed E-state index contributed by atoms with van der Waals surface area (Å²) in [6.45, 7) is 5.99. The van der Waals surface area contributed by atoms with Crippen molar-refractivity contribution in [3.8, 4) is 6.07 Å². The fourth-order valence-electron chi connectivity index (χ4n) is 2.84. The van der Waals surface area contributed by atoms with E-state index in [0.717, 1.165) is 18.5 Å². The number of hydrogen-bond donors (Lipinski definition) is 1. The van der Waals surface area contributed by atoms with Gasteiger partial charge in [0.05, 0.1) is 22.9 Å². The SMILES string of the molecule is CC(C)(C)n1nc(C(=O)NS(=O)(=O)Cc2ccc(C#N)cc2)cc1C1CC1. The van der Waals surface area contributed by atoms with Crippen LogP contribution in [0, 0.1) is 11.3 Å². The molecule has 8 heteroatoms. The van der Waals surface area contributed by atoms with Crippen LogP contribution >= 0.6 is 0 Å². The Balaban J connectivity index is 1.77. The molecule has 0 unspecified atom stereocenters. The minimum atomic E-state index is -3.88. The average Bonchev–Trinajstić information content (AvgIpc) is 3.31. The summed E-state index contributed by atoms with van der Waals surface area (Å²) in [4.78, 5) is 12.5. The number of sulfonamides is 1. The molecule has 1 saturated carbocycles. The van der Waals surface area contributed by atoms with Crippen molar-refractivity contribution in [1.29, 1.82) is 5.26 Å². The molecule has 3 rings (SSSR count). The number of aromatic nitrogens is 2. The number of hydrogen-bond acceptors (Lipinski definition) is 5. The highest BCUT2D eigenvalue weighted by molar-refractivity contribution is 7.89. The van der Waals surface area contributed by atoms with E-state index >= 15 is 0 Å². The summed E-state index contributed by atoms with van der Waals surface area (Å²) in [6, 6.07) is 9.86. The van der Waals surface area contributed by atoms with Crippen LogP contribution in [0.3, 0.4) is 0 Å². The van der Waals surface area contributed by atoms with E-state index in [2.05, 4.69) is 9.82 Å². The lowest BCUT2D eigenvalue weighted by Gasteiger charge is -2.22. The van der Waals surface area contributed by atoms with Gasteiger partial charge in [0, 0.05) is 11.6 Å². The number of nitrogens with zero attached hydrogens (tertiary/aromatic N) is 3. The molecule has 1 aliphatic carbocycles. The number of nitriles is 1. The predicted molar refractivity (Wildman–Crippen MR) is 100 cm³/mol. The molecule has 7 nitrogen and oxygen atoms in total. The number of nitrogens with one attached hydrogen (secondary N) is 1. The van der Waals surface area contributed by atoms with E-state index in [1.54, 1.807) is 30.3 Å². The second kappa shape index (κ2) is 6.82. The topological polar surface area (TPSA) is 105 Å². The third kappa shape index (κ3) is 4.55. The van der Waals surface area contributed by atoms with Crippen molar-refractivity contribution in [2.45, 2.75) is 50.8 Å². The maximum absolute atomic E-state index is 12.5. The Hall–Kier alpha value is -2.66. The van der Waals surface area contributed by atoms with Gasteiger partial charge in [-0.2, -0.15) is 10.4 Å². The highest BCUT2D eigenvalue weighted by Crippen LogP contribution is 2.41. The second-order valence-corrected chi connectivity index (χ2v) is 9.53. The van der Waals surface area contributed by atoms with Crippen LogP contribution in [-0.4, -0.2) is 24.1 Å². The van der Waals surface area contributed by atoms with Gasteiger partial charge in [0.2, 0.25) is 10.0 Å². The van der Waals surface area contributed by atoms with Crippen molar-refractivity contribution in [3.05, 3.63) is 52.8 Å². The van der Waals surface area contributed by atoms with Gasteiger partial charge in [0.15, 0.2) is 5.69 Å². The van der Waals surface area contributed by atoms with Gasteiger partial charge in [-0.1, -0.05) is 12.1 Å². The number of carbonyl (C=O) groups excluding carboxylic acids is 1. The number of rotatable bonds is 5. The zero-order valence-electron chi connectivity index (χ0n) is 15.6. The van der Waals surface area contributed by atoms with Crippen molar-refractivity contribution in [3.63, 3.8) is 0 Å². The Morgan fingerprint density at radius 2 is 1.93 bits per heavy atom. The average molecular weight is 386 g/mol. The van der Waals surface area contributed by atoms with E-state index < -0.39 is 15.9 Å². The van der Waals surface area contributed by atoms with E-state index in [9.17, 15) is 13.2 Å². The van der Waals surface area contributed by atoms with Gasteiger partial charge in [-0.3, -0.25) is 9.48 Å². The molecule has 0 radical (unpaired) electrons. The molecule has 1 aromatic heterocycles. The first kappa shape index (κ1) is 19.1. The molecule has 1 fully saturated rings. The lowest BCUT2D eigenvalue weighted by atomic mass is 10.1. The monoisotopic (exact) mass is 386 g/mol. The second-order valence-electron chi connectivity index (χ2n) is 7.81. The first-order valence-electron chi connectivity index (χ1n) is 8.73. The third-order valence-corrected chi connectivity index (χ3v) is 5.50. The molecule has 1 amide bonds. The van der Waals surface area contributed by atoms with Gasteiger partial charge in [0.1, 0.15) is 0 Å². The number of amides is 1. The predicted octanol–water partition coefficient (Wildman–Crippen LogP) is 2.65. The Labute approximate surface area is 159 Å². The van der Waals surface area contributed by atoms with E-state index in [1.807, 2.05) is 31.5 Å². The summed E-state index contributed by atoms with van der Waals surface area (Å²) in [7, 11) is -3.88. The Kier molecular flexibility index (Phi) is 4.82. The quantitative estimate of drug-likeness (QED) is 0.850. The van der Waals surface area contributed by atoms with E-state index in [0.29, 0.717) is 17.0 Å². The van der Waals surface area contributed by atoms with Crippen molar-refractivity contribution in [1.82, 2.24) is 14.5 Å². The molecule has 0 spiro atoms. The molecule has 142 valence electrons. The van der Waals surface area contributed by atoms with E-state index in [-0.39, 0.29) is 17.0 Å². The molecule has 0 aliphatic heterocycles. The third-order valence-electron chi connectivity index (χ3n) is 4.29. The highest BCUT2D eigenvalue weighted by Gasteiger charge is 2.33. The van der Waals surface area contributed by atoms with Crippen LogP contribution in [-0.2, 0) is 21.3 Å². The van der Waals surface area contributed by atoms with Crippen molar-refractivity contribution in [2.75, 3.05) is 0 Å². The van der Waals surface area contributed by atoms with Gasteiger partial charge in [-0.05, 0) is 57.4 Å². The summed E-state index contributed by atoms with van der Waals surface area (Å²) in [5, 5.41) is 13.2. The van der Waals surface area contributed by atoms with Crippen LogP contribution in [0.25, 0.3) is 0 Å². The first-order chi connectivity index (χ1) is 12.6. The molecule has 1 heterocycles. The molecule has 1 aromatic carbocycles. The fraction of sp³-hybridized carbons (Fsp3) is 0.421. The summed E-state index contributed by atoms with van der Waals surface area (Å²) < 4.78 is 28.6. The van der Waals surface area contributed by atoms with Crippen molar-refractivity contribution < 1.29 is 13.2 Å². The first-order valence-corrected chi connectivity index (χ1v) is 10.4. The molecular weight excluding hydrogens is 364 g/mol. The Morgan fingerprint density at radius 3 is 2.44 bits per heavy atom. The smallest absolute Gasteiger partial charge is 0.266 e. The van der Waals surface area contributed by atoms with Gasteiger partial charge in [-0.15, -0.1) is 0 Å². The molecule has 0 saturated heterocycles. The molecule has 27 heavy (non-hydrogen) atoms. The van der Waals surface area contributed by atoms with Gasteiger partial charge in [0.25, 0.3) is 5.91 Å². The van der Waals surface area contributed by atoms with Gasteiger partial charge < -0.3 is 0 Å². The lowest BCUT2D eigenvalue weighted by molar-refractivity contribution is 0.0975. The molecule has 1 N–H and O–H groups in total. The summed E-state index contributed by atoms with van der Waals surface area (Å²) >= 11 is 0. The molecular formula is C19H22N4O3S. The summed E-state index contributed by atoms with van der Waals surface area (Å²) in [6.07, 6.45) is 2.11. The van der Waals surface area contributed by atoms with E-state index in [4.69, 9.17) is 5.26 Å². The maximum Gasteiger partial charge on any atom is 0.285 e. The largest absolute Gasteiger partial charge is 0.285 e. The van der Waals surface area contributed by atoms with Crippen LogP contribution in [0.5, 0.6) is 0 Å². The van der Waals surface area contributed by atoms with Crippen molar-refractivity contribution >= 4 is 15.9 Å². The minimum absolute atomic E-state index is 0.107. The minimum Gasteiger partial charge on any atom is -0.266 e. The van der Waals surface area contributed by atoms with Crippen LogP contribution in [0.2, 0.25) is 0 Å². The van der Waals surface area contributed by atoms with Crippen LogP contribution in [0.15, 0.2) is 30.3 Å². The maximum atomic E-state index is 12.5. The number of carbonyl (C=O) groups is 1. The molecule has 1 aliphatic rings. The normalized spacial score (nSPS) is 14.6. The highest BCUT2D eigenvalue weighted by atomic mass is 32.2. The zero-order chi connectivity index (χ0) is 19.8. The fourth-order valence-corrected chi connectivity index (χ4v) is 3.93. The summed E-state index contributed by atoms with van der Waals surface area (Å²) in [5.74, 6) is -0.693. The summed E-state index contributed by atoms with van der Waals surface area (Å²) in [5.41, 5.74) is 1.72. The standard InChI is InChI=1S/C19H22N4O3S/c1-19(2,3)23-17(15-8-9-15)10-16(21-23)18(24)22-27(25,26)12-14-6-4-13(11-20)5-7-14/h4-7,10,15H,8-9,12H2,1-3H3,(H,22,24). The number of benzene rings is 1. The lowest BCUT2D eigenvalue weighted by Crippen LogP contribution is -2.32.